The summed E-state index contributed by atoms with van der Waals surface area (Å²) < 4.78 is 17.4. The summed E-state index contributed by atoms with van der Waals surface area (Å²) in [6, 6.07) is 9.23. The highest BCUT2D eigenvalue weighted by Gasteiger charge is 2.13. The van der Waals surface area contributed by atoms with E-state index in [1.54, 1.807) is 50.2 Å². The van der Waals surface area contributed by atoms with Crippen LogP contribution >= 0.6 is 0 Å². The topological polar surface area (TPSA) is 117 Å². The fraction of sp³-hybridized carbons (Fsp3) is 0.227. The highest BCUT2D eigenvalue weighted by molar-refractivity contribution is 5.92. The molecule has 1 amide bonds. The third kappa shape index (κ3) is 4.59. The highest BCUT2D eigenvalue weighted by Crippen LogP contribution is 2.27. The van der Waals surface area contributed by atoms with Crippen molar-refractivity contribution < 1.29 is 18.8 Å². The third-order valence-corrected chi connectivity index (χ3v) is 4.75. The Morgan fingerprint density at radius 1 is 1.12 bits per heavy atom. The fourth-order valence-electron chi connectivity index (χ4n) is 3.12. The predicted octanol–water partition coefficient (Wildman–Crippen LogP) is 2.62. The van der Waals surface area contributed by atoms with Crippen LogP contribution in [0.25, 0.3) is 17.3 Å². The molecule has 10 heteroatoms. The van der Waals surface area contributed by atoms with Gasteiger partial charge in [-0.3, -0.25) is 9.36 Å². The molecule has 1 N–H and O–H groups in total. The molecular weight excluding hydrogens is 412 g/mol. The van der Waals surface area contributed by atoms with E-state index in [-0.39, 0.29) is 11.6 Å². The predicted molar refractivity (Wildman–Crippen MR) is 115 cm³/mol. The van der Waals surface area contributed by atoms with Crippen LogP contribution in [0.4, 0.5) is 0 Å². The molecule has 0 bridgehead atoms. The normalized spacial score (nSPS) is 10.7. The second-order valence-electron chi connectivity index (χ2n) is 6.91. The summed E-state index contributed by atoms with van der Waals surface area (Å²) in [5, 5.41) is 6.68. The lowest BCUT2D eigenvalue weighted by molar-refractivity contribution is 0.0949. The monoisotopic (exact) mass is 434 g/mol. The molecule has 0 saturated heterocycles. The number of nitrogens with one attached hydrogen (secondary N) is 1. The summed E-state index contributed by atoms with van der Waals surface area (Å²) in [6.45, 7) is 2.20. The molecule has 4 rings (SSSR count). The van der Waals surface area contributed by atoms with Crippen molar-refractivity contribution in [2.24, 2.45) is 0 Å². The first kappa shape index (κ1) is 21.0. The lowest BCUT2D eigenvalue weighted by Crippen LogP contribution is -2.26. The maximum Gasteiger partial charge on any atom is 0.271 e. The number of ether oxygens (including phenoxy) is 2. The quantitative estimate of drug-likeness (QED) is 0.450. The van der Waals surface area contributed by atoms with E-state index in [0.717, 1.165) is 11.1 Å². The minimum Gasteiger partial charge on any atom is -0.493 e. The zero-order valence-corrected chi connectivity index (χ0v) is 17.9. The van der Waals surface area contributed by atoms with Gasteiger partial charge >= 0.3 is 0 Å². The largest absolute Gasteiger partial charge is 0.493 e. The van der Waals surface area contributed by atoms with Crippen molar-refractivity contribution in [2.45, 2.75) is 13.3 Å². The van der Waals surface area contributed by atoms with E-state index in [1.165, 1.54) is 6.33 Å². The van der Waals surface area contributed by atoms with Crippen LogP contribution in [0.3, 0.4) is 0 Å². The summed E-state index contributed by atoms with van der Waals surface area (Å²) in [7, 11) is 3.18. The Labute approximate surface area is 184 Å². The van der Waals surface area contributed by atoms with Crippen LogP contribution in [0.5, 0.6) is 11.5 Å². The second-order valence-corrected chi connectivity index (χ2v) is 6.91. The Morgan fingerprint density at radius 2 is 1.97 bits per heavy atom. The molecule has 0 aliphatic heterocycles. The average molecular weight is 434 g/mol. The van der Waals surface area contributed by atoms with Gasteiger partial charge in [0.25, 0.3) is 11.8 Å². The maximum atomic E-state index is 12.5. The number of rotatable bonds is 8. The Bertz CT molecular complexity index is 1230. The fourth-order valence-corrected chi connectivity index (χ4v) is 3.12. The van der Waals surface area contributed by atoms with Crippen LogP contribution in [0.2, 0.25) is 0 Å². The van der Waals surface area contributed by atoms with Crippen LogP contribution < -0.4 is 14.8 Å². The molecule has 0 aliphatic rings. The number of aryl methyl sites for hydroxylation is 1. The van der Waals surface area contributed by atoms with E-state index in [0.29, 0.717) is 42.0 Å². The van der Waals surface area contributed by atoms with E-state index >= 15 is 0 Å². The van der Waals surface area contributed by atoms with E-state index in [4.69, 9.17) is 14.0 Å². The van der Waals surface area contributed by atoms with Crippen molar-refractivity contribution in [3.05, 3.63) is 66.1 Å². The van der Waals surface area contributed by atoms with Gasteiger partial charge < -0.3 is 19.3 Å². The number of amides is 1. The first-order valence-corrected chi connectivity index (χ1v) is 9.87. The van der Waals surface area contributed by atoms with E-state index in [2.05, 4.69) is 25.4 Å². The number of carbonyl (C=O) groups is 1. The maximum absolute atomic E-state index is 12.5. The Hall–Kier alpha value is -4.21. The Kier molecular flexibility index (Phi) is 6.11. The standard InChI is InChI=1S/C22H22N6O4/c1-14-26-22(32-27-14)16-7-9-23-20(11-16)28-12-17(25-13-28)21(29)24-8-6-15-4-5-18(30-2)19(10-15)31-3/h4-5,7,9-13H,6,8H2,1-3H3,(H,24,29). The van der Waals surface area contributed by atoms with Gasteiger partial charge in [0.2, 0.25) is 0 Å². The molecule has 3 aromatic heterocycles. The molecule has 0 saturated carbocycles. The highest BCUT2D eigenvalue weighted by atomic mass is 16.5. The Morgan fingerprint density at radius 3 is 2.72 bits per heavy atom. The number of benzene rings is 1. The molecule has 0 atom stereocenters. The van der Waals surface area contributed by atoms with Crippen molar-refractivity contribution in [3.8, 4) is 28.8 Å². The molecule has 164 valence electrons. The van der Waals surface area contributed by atoms with E-state index < -0.39 is 0 Å². The lowest BCUT2D eigenvalue weighted by Gasteiger charge is -2.09. The summed E-state index contributed by atoms with van der Waals surface area (Å²) in [6.07, 6.45) is 5.43. The molecule has 0 fully saturated rings. The smallest absolute Gasteiger partial charge is 0.271 e. The van der Waals surface area contributed by atoms with Gasteiger partial charge in [0.1, 0.15) is 17.8 Å². The second kappa shape index (κ2) is 9.29. The van der Waals surface area contributed by atoms with E-state index in [9.17, 15) is 4.79 Å². The zero-order valence-electron chi connectivity index (χ0n) is 17.9. The first-order chi connectivity index (χ1) is 15.6. The SMILES string of the molecule is COc1ccc(CCNC(=O)c2cn(-c3cc(-c4nc(C)no4)ccn3)cn2)cc1OC. The van der Waals surface area contributed by atoms with Gasteiger partial charge in [-0.25, -0.2) is 9.97 Å². The number of imidazole rings is 1. The molecule has 0 spiro atoms. The van der Waals surface area contributed by atoms with Gasteiger partial charge in [-0.2, -0.15) is 4.98 Å². The van der Waals surface area contributed by atoms with Crippen molar-refractivity contribution in [3.63, 3.8) is 0 Å². The number of aromatic nitrogens is 5. The molecule has 10 nitrogen and oxygen atoms in total. The number of methoxy groups -OCH3 is 2. The van der Waals surface area contributed by atoms with Crippen molar-refractivity contribution >= 4 is 5.91 Å². The molecule has 3 heterocycles. The third-order valence-electron chi connectivity index (χ3n) is 4.75. The number of carbonyl (C=O) groups excluding carboxylic acids is 1. The number of hydrogen-bond acceptors (Lipinski definition) is 8. The minimum atomic E-state index is -0.270. The van der Waals surface area contributed by atoms with Gasteiger partial charge in [-0.05, 0) is 43.2 Å². The molecular formula is C22H22N6O4. The minimum absolute atomic E-state index is 0.270. The van der Waals surface area contributed by atoms with Crippen LogP contribution in [0, 0.1) is 6.92 Å². The number of nitrogens with zero attached hydrogens (tertiary/aromatic N) is 5. The van der Waals surface area contributed by atoms with Gasteiger partial charge in [-0.1, -0.05) is 11.2 Å². The lowest BCUT2D eigenvalue weighted by atomic mass is 10.1. The summed E-state index contributed by atoms with van der Waals surface area (Å²) in [4.78, 5) is 25.3. The number of hydrogen-bond donors (Lipinski definition) is 1. The average Bonchev–Trinajstić information content (AvgIpc) is 3.48. The molecule has 0 radical (unpaired) electrons. The van der Waals surface area contributed by atoms with Crippen LogP contribution in [0.15, 0.2) is 53.6 Å². The summed E-state index contributed by atoms with van der Waals surface area (Å²) in [5.74, 6) is 2.58. The van der Waals surface area contributed by atoms with Gasteiger partial charge in [0, 0.05) is 24.5 Å². The van der Waals surface area contributed by atoms with Crippen molar-refractivity contribution in [1.82, 2.24) is 30.0 Å². The van der Waals surface area contributed by atoms with Crippen LogP contribution in [0.1, 0.15) is 21.9 Å². The van der Waals surface area contributed by atoms with Gasteiger partial charge in [0.15, 0.2) is 17.3 Å². The van der Waals surface area contributed by atoms with Crippen LogP contribution in [-0.2, 0) is 6.42 Å². The summed E-state index contributed by atoms with van der Waals surface area (Å²) in [5.41, 5.74) is 2.04. The van der Waals surface area contributed by atoms with Gasteiger partial charge in [-0.15, -0.1) is 0 Å². The zero-order chi connectivity index (χ0) is 22.5. The molecule has 1 aromatic carbocycles. The molecule has 32 heavy (non-hydrogen) atoms. The van der Waals surface area contributed by atoms with Crippen LogP contribution in [-0.4, -0.2) is 51.3 Å². The van der Waals surface area contributed by atoms with Crippen molar-refractivity contribution in [2.75, 3.05) is 20.8 Å². The van der Waals surface area contributed by atoms with E-state index in [1.807, 2.05) is 18.2 Å². The molecule has 4 aromatic rings. The summed E-state index contributed by atoms with van der Waals surface area (Å²) >= 11 is 0. The Balaban J connectivity index is 1.39. The molecule has 0 unspecified atom stereocenters. The molecule has 0 aliphatic carbocycles. The first-order valence-electron chi connectivity index (χ1n) is 9.87. The van der Waals surface area contributed by atoms with Crippen molar-refractivity contribution in [1.29, 1.82) is 0 Å². The number of pyridine rings is 1. The van der Waals surface area contributed by atoms with Gasteiger partial charge in [0.05, 0.1) is 14.2 Å².